The third-order valence-electron chi connectivity index (χ3n) is 3.31. The molecule has 21 heavy (non-hydrogen) atoms. The Bertz CT molecular complexity index is 649. The number of fused-ring (bicyclic) bond motifs is 2. The smallest absolute Gasteiger partial charge is 0.224 e. The van der Waals surface area contributed by atoms with Crippen molar-refractivity contribution in [3.8, 4) is 11.5 Å². The zero-order valence-electron chi connectivity index (χ0n) is 13.0. The quantitative estimate of drug-likeness (QED) is 0.702. The number of hydrogen-bond donors (Lipinski definition) is 0. The molecule has 0 aliphatic carbocycles. The van der Waals surface area contributed by atoms with Crippen LogP contribution >= 0.6 is 0 Å². The van der Waals surface area contributed by atoms with E-state index in [1.807, 2.05) is 63.2 Å². The van der Waals surface area contributed by atoms with Crippen molar-refractivity contribution < 1.29 is 9.53 Å². The van der Waals surface area contributed by atoms with E-state index in [4.69, 9.17) is 4.74 Å². The number of nitrogens with zero attached hydrogens (tertiary/aromatic N) is 1. The van der Waals surface area contributed by atoms with E-state index in [0.29, 0.717) is 6.54 Å². The van der Waals surface area contributed by atoms with Gasteiger partial charge in [0.05, 0.1) is 12.2 Å². The predicted octanol–water partition coefficient (Wildman–Crippen LogP) is 4.68. The minimum atomic E-state index is 0.0205. The van der Waals surface area contributed by atoms with Crippen molar-refractivity contribution in [1.29, 1.82) is 0 Å². The van der Waals surface area contributed by atoms with Crippen LogP contribution in [0.4, 0.5) is 5.69 Å². The molecule has 110 valence electrons. The van der Waals surface area contributed by atoms with Gasteiger partial charge in [-0.2, -0.15) is 0 Å². The topological polar surface area (TPSA) is 29.5 Å². The fraction of sp³-hybridized carbons (Fsp3) is 0.278. The molecule has 0 radical (unpaired) electrons. The molecule has 0 N–H and O–H groups in total. The van der Waals surface area contributed by atoms with Crippen molar-refractivity contribution in [2.45, 2.75) is 34.2 Å². The van der Waals surface area contributed by atoms with Crippen LogP contribution in [-0.4, -0.2) is 5.91 Å². The molecule has 3 nitrogen and oxygen atoms in total. The van der Waals surface area contributed by atoms with Crippen molar-refractivity contribution in [2.24, 2.45) is 0 Å². The highest BCUT2D eigenvalue weighted by Gasteiger charge is 2.22. The van der Waals surface area contributed by atoms with E-state index in [-0.39, 0.29) is 5.91 Å². The molecule has 3 heteroatoms. The van der Waals surface area contributed by atoms with E-state index in [0.717, 1.165) is 28.3 Å². The molecule has 3 rings (SSSR count). The van der Waals surface area contributed by atoms with Gasteiger partial charge >= 0.3 is 0 Å². The first kappa shape index (κ1) is 15.1. The van der Waals surface area contributed by atoms with Gasteiger partial charge in [0, 0.05) is 12.5 Å². The van der Waals surface area contributed by atoms with E-state index in [2.05, 4.69) is 0 Å². The molecule has 2 aromatic carbocycles. The molecule has 1 amide bonds. The molecular weight excluding hydrogens is 262 g/mol. The highest BCUT2D eigenvalue weighted by molar-refractivity contribution is 5.93. The SMILES string of the molecule is CC.CC(=O)N1Cc2ccccc2Oc2ccc(C)cc21. The summed E-state index contributed by atoms with van der Waals surface area (Å²) in [6.45, 7) is 8.14. The second-order valence-corrected chi connectivity index (χ2v) is 4.79. The molecule has 0 bridgehead atoms. The highest BCUT2D eigenvalue weighted by Crippen LogP contribution is 2.39. The van der Waals surface area contributed by atoms with Crippen molar-refractivity contribution in [1.82, 2.24) is 0 Å². The van der Waals surface area contributed by atoms with Crippen LogP contribution in [0.1, 0.15) is 31.9 Å². The lowest BCUT2D eigenvalue weighted by Crippen LogP contribution is -2.27. The fourth-order valence-corrected chi connectivity index (χ4v) is 2.31. The second-order valence-electron chi connectivity index (χ2n) is 4.79. The van der Waals surface area contributed by atoms with Crippen LogP contribution in [-0.2, 0) is 11.3 Å². The van der Waals surface area contributed by atoms with E-state index < -0.39 is 0 Å². The van der Waals surface area contributed by atoms with Gasteiger partial charge in [-0.25, -0.2) is 0 Å². The average Bonchev–Trinajstić information content (AvgIpc) is 2.65. The molecule has 0 atom stereocenters. The monoisotopic (exact) mass is 283 g/mol. The van der Waals surface area contributed by atoms with Crippen LogP contribution in [0.15, 0.2) is 42.5 Å². The number of aryl methyl sites for hydroxylation is 1. The van der Waals surface area contributed by atoms with Gasteiger partial charge in [0.25, 0.3) is 0 Å². The first-order chi connectivity index (χ1) is 10.1. The first-order valence-corrected chi connectivity index (χ1v) is 7.29. The van der Waals surface area contributed by atoms with Crippen LogP contribution in [0, 0.1) is 6.92 Å². The summed E-state index contributed by atoms with van der Waals surface area (Å²) in [6, 6.07) is 13.7. The number of hydrogen-bond acceptors (Lipinski definition) is 2. The summed E-state index contributed by atoms with van der Waals surface area (Å²) in [5, 5.41) is 0. The van der Waals surface area contributed by atoms with Crippen LogP contribution in [0.2, 0.25) is 0 Å². The van der Waals surface area contributed by atoms with Crippen LogP contribution in [0.3, 0.4) is 0 Å². The van der Waals surface area contributed by atoms with Gasteiger partial charge in [-0.3, -0.25) is 4.79 Å². The van der Waals surface area contributed by atoms with E-state index >= 15 is 0 Å². The summed E-state index contributed by atoms with van der Waals surface area (Å²) in [5.41, 5.74) is 2.97. The Morgan fingerprint density at radius 3 is 2.52 bits per heavy atom. The van der Waals surface area contributed by atoms with Crippen LogP contribution in [0.25, 0.3) is 0 Å². The van der Waals surface area contributed by atoms with Gasteiger partial charge in [-0.05, 0) is 30.7 Å². The van der Waals surface area contributed by atoms with Crippen molar-refractivity contribution in [3.63, 3.8) is 0 Å². The van der Waals surface area contributed by atoms with Gasteiger partial charge in [-0.15, -0.1) is 0 Å². The number of anilines is 1. The molecular formula is C18H21NO2. The van der Waals surface area contributed by atoms with E-state index in [1.54, 1.807) is 11.8 Å². The number of benzene rings is 2. The molecule has 0 saturated carbocycles. The Labute approximate surface area is 126 Å². The second kappa shape index (κ2) is 6.44. The molecule has 1 aliphatic heterocycles. The molecule has 0 unspecified atom stereocenters. The standard InChI is InChI=1S/C16H15NO2.C2H6/c1-11-7-8-16-14(9-11)17(12(2)18)10-13-5-3-4-6-15(13)19-16;1-2/h3-9H,10H2,1-2H3;1-2H3. The lowest BCUT2D eigenvalue weighted by molar-refractivity contribution is -0.116. The Balaban J connectivity index is 0.000000774. The zero-order chi connectivity index (χ0) is 15.4. The maximum Gasteiger partial charge on any atom is 0.224 e. The third-order valence-corrected chi connectivity index (χ3v) is 3.31. The maximum absolute atomic E-state index is 11.9. The lowest BCUT2D eigenvalue weighted by Gasteiger charge is -2.20. The Hall–Kier alpha value is -2.29. The molecule has 0 saturated heterocycles. The summed E-state index contributed by atoms with van der Waals surface area (Å²) >= 11 is 0. The number of para-hydroxylation sites is 1. The predicted molar refractivity (Wildman–Crippen MR) is 85.9 cm³/mol. The zero-order valence-corrected chi connectivity index (χ0v) is 13.0. The summed E-state index contributed by atoms with van der Waals surface area (Å²) in [6.07, 6.45) is 0. The summed E-state index contributed by atoms with van der Waals surface area (Å²) in [7, 11) is 0. The van der Waals surface area contributed by atoms with E-state index in [1.165, 1.54) is 0 Å². The fourth-order valence-electron chi connectivity index (χ4n) is 2.31. The van der Waals surface area contributed by atoms with Gasteiger partial charge < -0.3 is 9.64 Å². The average molecular weight is 283 g/mol. The molecule has 2 aromatic rings. The molecule has 0 fully saturated rings. The van der Waals surface area contributed by atoms with Crippen molar-refractivity contribution in [2.75, 3.05) is 4.90 Å². The first-order valence-electron chi connectivity index (χ1n) is 7.29. The minimum absolute atomic E-state index is 0.0205. The highest BCUT2D eigenvalue weighted by atomic mass is 16.5. The molecule has 0 spiro atoms. The number of carbonyl (C=O) groups is 1. The normalized spacial score (nSPS) is 12.1. The Morgan fingerprint density at radius 1 is 1.10 bits per heavy atom. The molecule has 0 aromatic heterocycles. The Morgan fingerprint density at radius 2 is 1.81 bits per heavy atom. The summed E-state index contributed by atoms with van der Waals surface area (Å²) < 4.78 is 5.94. The third kappa shape index (κ3) is 3.07. The minimum Gasteiger partial charge on any atom is -0.455 e. The van der Waals surface area contributed by atoms with Crippen LogP contribution < -0.4 is 9.64 Å². The number of ether oxygens (including phenoxy) is 1. The molecule has 1 heterocycles. The van der Waals surface area contributed by atoms with Gasteiger partial charge in [0.2, 0.25) is 5.91 Å². The number of rotatable bonds is 0. The van der Waals surface area contributed by atoms with Crippen molar-refractivity contribution >= 4 is 11.6 Å². The van der Waals surface area contributed by atoms with Crippen molar-refractivity contribution in [3.05, 3.63) is 53.6 Å². The lowest BCUT2D eigenvalue weighted by atomic mass is 10.1. The van der Waals surface area contributed by atoms with Gasteiger partial charge in [-0.1, -0.05) is 38.1 Å². The largest absolute Gasteiger partial charge is 0.455 e. The van der Waals surface area contributed by atoms with Gasteiger partial charge in [0.1, 0.15) is 5.75 Å². The summed E-state index contributed by atoms with van der Waals surface area (Å²) in [5.74, 6) is 1.56. The number of amides is 1. The Kier molecular flexibility index (Phi) is 4.63. The summed E-state index contributed by atoms with van der Waals surface area (Å²) in [4.78, 5) is 13.7. The van der Waals surface area contributed by atoms with Gasteiger partial charge in [0.15, 0.2) is 5.75 Å². The van der Waals surface area contributed by atoms with Crippen LogP contribution in [0.5, 0.6) is 11.5 Å². The maximum atomic E-state index is 11.9. The van der Waals surface area contributed by atoms with E-state index in [9.17, 15) is 4.79 Å². The molecule has 1 aliphatic rings. The number of carbonyl (C=O) groups excluding carboxylic acids is 1.